The van der Waals surface area contributed by atoms with Gasteiger partial charge in [0.15, 0.2) is 5.96 Å². The zero-order chi connectivity index (χ0) is 12.2. The summed E-state index contributed by atoms with van der Waals surface area (Å²) in [6, 6.07) is 0.192. The second-order valence-corrected chi connectivity index (χ2v) is 3.67. The summed E-state index contributed by atoms with van der Waals surface area (Å²) >= 11 is 0. The first-order valence-corrected chi connectivity index (χ1v) is 5.83. The van der Waals surface area contributed by atoms with Crippen LogP contribution in [0.25, 0.3) is 0 Å². The third-order valence-corrected chi connectivity index (χ3v) is 1.99. The van der Waals surface area contributed by atoms with Gasteiger partial charge in [0.2, 0.25) is 0 Å². The van der Waals surface area contributed by atoms with E-state index in [1.807, 2.05) is 13.8 Å². The standard InChI is InChI=1S/C11H25N3O2.HI/c1-4-16-8-6-5-7-13-11(12)14-10(2)9-15-3;/h10H,4-9H2,1-3H3,(H3,12,13,14);1H. The number of nitrogens with zero attached hydrogens (tertiary/aromatic N) is 1. The van der Waals surface area contributed by atoms with Crippen LogP contribution < -0.4 is 11.1 Å². The molecule has 0 saturated heterocycles. The maximum atomic E-state index is 5.70. The zero-order valence-corrected chi connectivity index (χ0v) is 13.4. The summed E-state index contributed by atoms with van der Waals surface area (Å²) < 4.78 is 10.2. The lowest BCUT2D eigenvalue weighted by molar-refractivity contribution is 0.144. The lowest BCUT2D eigenvalue weighted by atomic mass is 10.3. The highest BCUT2D eigenvalue weighted by Crippen LogP contribution is 1.91. The Morgan fingerprint density at radius 2 is 2.12 bits per heavy atom. The van der Waals surface area contributed by atoms with Crippen LogP contribution in [0.1, 0.15) is 26.7 Å². The van der Waals surface area contributed by atoms with Gasteiger partial charge >= 0.3 is 0 Å². The van der Waals surface area contributed by atoms with Gasteiger partial charge in [0, 0.05) is 32.9 Å². The summed E-state index contributed by atoms with van der Waals surface area (Å²) in [5.74, 6) is 0.487. The van der Waals surface area contributed by atoms with Gasteiger partial charge in [-0.15, -0.1) is 24.0 Å². The predicted octanol–water partition coefficient (Wildman–Crippen LogP) is 1.36. The van der Waals surface area contributed by atoms with Crippen LogP contribution in [0.5, 0.6) is 0 Å². The van der Waals surface area contributed by atoms with E-state index < -0.39 is 0 Å². The Morgan fingerprint density at radius 3 is 2.71 bits per heavy atom. The topological polar surface area (TPSA) is 68.9 Å². The quantitative estimate of drug-likeness (QED) is 0.282. The summed E-state index contributed by atoms with van der Waals surface area (Å²) in [7, 11) is 1.67. The molecule has 1 unspecified atom stereocenters. The summed E-state index contributed by atoms with van der Waals surface area (Å²) in [5, 5.41) is 3.05. The van der Waals surface area contributed by atoms with E-state index >= 15 is 0 Å². The van der Waals surface area contributed by atoms with E-state index in [-0.39, 0.29) is 30.0 Å². The first-order chi connectivity index (χ1) is 7.70. The van der Waals surface area contributed by atoms with E-state index in [9.17, 15) is 0 Å². The number of hydrogen-bond acceptors (Lipinski definition) is 3. The van der Waals surface area contributed by atoms with Gasteiger partial charge in [-0.05, 0) is 26.7 Å². The highest BCUT2D eigenvalue weighted by Gasteiger charge is 2.00. The van der Waals surface area contributed by atoms with E-state index in [0.29, 0.717) is 12.6 Å². The number of halogens is 1. The zero-order valence-electron chi connectivity index (χ0n) is 11.1. The molecule has 0 bridgehead atoms. The third kappa shape index (κ3) is 13.9. The van der Waals surface area contributed by atoms with Gasteiger partial charge in [-0.1, -0.05) is 0 Å². The number of nitrogens with one attached hydrogen (secondary N) is 1. The minimum absolute atomic E-state index is 0. The van der Waals surface area contributed by atoms with Crippen LogP contribution in [-0.4, -0.2) is 45.5 Å². The second-order valence-electron chi connectivity index (χ2n) is 3.67. The van der Waals surface area contributed by atoms with Crippen LogP contribution >= 0.6 is 24.0 Å². The highest BCUT2D eigenvalue weighted by atomic mass is 127. The Kier molecular flexibility index (Phi) is 15.8. The van der Waals surface area contributed by atoms with Crippen LogP contribution in [0.3, 0.4) is 0 Å². The van der Waals surface area contributed by atoms with Gasteiger partial charge in [0.05, 0.1) is 6.61 Å². The van der Waals surface area contributed by atoms with E-state index in [1.54, 1.807) is 7.11 Å². The predicted molar refractivity (Wildman–Crippen MR) is 82.1 cm³/mol. The highest BCUT2D eigenvalue weighted by molar-refractivity contribution is 14.0. The van der Waals surface area contributed by atoms with Crippen molar-refractivity contribution in [2.45, 2.75) is 32.7 Å². The fourth-order valence-corrected chi connectivity index (χ4v) is 1.25. The number of aliphatic imine (C=N–C) groups is 1. The molecule has 0 saturated carbocycles. The number of hydrogen-bond donors (Lipinski definition) is 2. The first-order valence-electron chi connectivity index (χ1n) is 5.83. The molecule has 0 fully saturated rings. The maximum Gasteiger partial charge on any atom is 0.188 e. The molecule has 0 heterocycles. The van der Waals surface area contributed by atoms with E-state index in [4.69, 9.17) is 15.2 Å². The minimum atomic E-state index is 0. The number of guanidine groups is 1. The lowest BCUT2D eigenvalue weighted by Crippen LogP contribution is -2.40. The Bertz CT molecular complexity index is 192. The molecule has 0 rings (SSSR count). The Balaban J connectivity index is 0. The molecule has 0 aliphatic rings. The normalized spacial score (nSPS) is 13.0. The monoisotopic (exact) mass is 359 g/mol. The van der Waals surface area contributed by atoms with Gasteiger partial charge in [-0.25, -0.2) is 0 Å². The average molecular weight is 359 g/mol. The molecular formula is C11H26IN3O2. The maximum absolute atomic E-state index is 5.70. The first kappa shape index (κ1) is 19.3. The number of unbranched alkanes of at least 4 members (excludes halogenated alkanes) is 1. The summed E-state index contributed by atoms with van der Waals surface area (Å²) in [5.41, 5.74) is 5.70. The van der Waals surface area contributed by atoms with Crippen molar-refractivity contribution in [1.82, 2.24) is 5.32 Å². The Morgan fingerprint density at radius 1 is 1.41 bits per heavy atom. The molecule has 17 heavy (non-hydrogen) atoms. The van der Waals surface area contributed by atoms with Crippen LogP contribution in [0.2, 0.25) is 0 Å². The molecule has 0 aliphatic heterocycles. The van der Waals surface area contributed by atoms with Crippen LogP contribution in [-0.2, 0) is 9.47 Å². The molecule has 5 nitrogen and oxygen atoms in total. The van der Waals surface area contributed by atoms with Crippen molar-refractivity contribution in [2.24, 2.45) is 10.7 Å². The fraction of sp³-hybridized carbons (Fsp3) is 0.909. The van der Waals surface area contributed by atoms with E-state index in [0.717, 1.165) is 32.6 Å². The van der Waals surface area contributed by atoms with Crippen molar-refractivity contribution in [3.05, 3.63) is 0 Å². The Labute approximate surface area is 122 Å². The fourth-order valence-electron chi connectivity index (χ4n) is 1.25. The molecule has 0 amide bonds. The van der Waals surface area contributed by atoms with E-state index in [1.165, 1.54) is 0 Å². The van der Waals surface area contributed by atoms with Gasteiger partial charge in [0.1, 0.15) is 0 Å². The minimum Gasteiger partial charge on any atom is -0.383 e. The molecular weight excluding hydrogens is 333 g/mol. The third-order valence-electron chi connectivity index (χ3n) is 1.99. The molecule has 0 spiro atoms. The molecule has 0 aliphatic carbocycles. The van der Waals surface area contributed by atoms with Gasteiger partial charge < -0.3 is 20.5 Å². The number of ether oxygens (including phenoxy) is 2. The van der Waals surface area contributed by atoms with Crippen molar-refractivity contribution in [3.63, 3.8) is 0 Å². The number of rotatable bonds is 9. The van der Waals surface area contributed by atoms with Gasteiger partial charge in [0.25, 0.3) is 0 Å². The largest absolute Gasteiger partial charge is 0.383 e. The molecule has 0 aromatic heterocycles. The number of methoxy groups -OCH3 is 1. The second kappa shape index (κ2) is 14.0. The molecule has 1 atom stereocenters. The molecule has 0 aromatic rings. The molecule has 6 heteroatoms. The molecule has 3 N–H and O–H groups in total. The van der Waals surface area contributed by atoms with Gasteiger partial charge in [-0.3, -0.25) is 4.99 Å². The van der Waals surface area contributed by atoms with E-state index in [2.05, 4.69) is 10.3 Å². The van der Waals surface area contributed by atoms with Crippen molar-refractivity contribution in [2.75, 3.05) is 33.5 Å². The van der Waals surface area contributed by atoms with Crippen molar-refractivity contribution < 1.29 is 9.47 Å². The summed E-state index contributed by atoms with van der Waals surface area (Å²) in [6.07, 6.45) is 2.03. The summed E-state index contributed by atoms with van der Waals surface area (Å²) in [4.78, 5) is 4.22. The van der Waals surface area contributed by atoms with Crippen molar-refractivity contribution in [3.8, 4) is 0 Å². The Hall–Kier alpha value is -0.0800. The van der Waals surface area contributed by atoms with Crippen LogP contribution in [0, 0.1) is 0 Å². The molecule has 104 valence electrons. The average Bonchev–Trinajstić information content (AvgIpc) is 2.23. The molecule has 0 radical (unpaired) electrons. The van der Waals surface area contributed by atoms with Crippen molar-refractivity contribution >= 4 is 29.9 Å². The van der Waals surface area contributed by atoms with Crippen LogP contribution in [0.15, 0.2) is 4.99 Å². The van der Waals surface area contributed by atoms with Gasteiger partial charge in [-0.2, -0.15) is 0 Å². The SMILES string of the molecule is CCOCCCCN=C(N)NC(C)COC.I. The van der Waals surface area contributed by atoms with Crippen molar-refractivity contribution in [1.29, 1.82) is 0 Å². The lowest BCUT2D eigenvalue weighted by Gasteiger charge is -2.12. The summed E-state index contributed by atoms with van der Waals surface area (Å²) in [6.45, 7) is 6.95. The number of nitrogens with two attached hydrogens (primary N) is 1. The molecule has 0 aromatic carbocycles. The van der Waals surface area contributed by atoms with Crippen LogP contribution in [0.4, 0.5) is 0 Å². The smallest absolute Gasteiger partial charge is 0.188 e.